The molecule has 0 unspecified atom stereocenters. The summed E-state index contributed by atoms with van der Waals surface area (Å²) >= 11 is 0. The van der Waals surface area contributed by atoms with Gasteiger partial charge in [0.1, 0.15) is 0 Å². The molecule has 0 aromatic rings. The molecule has 0 spiro atoms. The maximum Gasteiger partial charge on any atom is 0.259 e. The number of amidine groups is 1. The van der Waals surface area contributed by atoms with Crippen molar-refractivity contribution in [3.05, 3.63) is 10.1 Å². The lowest BCUT2D eigenvalue weighted by atomic mass is 10.1. The summed E-state index contributed by atoms with van der Waals surface area (Å²) in [4.78, 5) is 25.3. The molecule has 0 saturated heterocycles. The minimum atomic E-state index is -0.514. The van der Waals surface area contributed by atoms with Gasteiger partial charge in [-0.1, -0.05) is 26.2 Å². The Balaban J connectivity index is 0. The molecule has 0 aromatic heterocycles. The van der Waals surface area contributed by atoms with Gasteiger partial charge in [-0.3, -0.25) is 19.9 Å². The van der Waals surface area contributed by atoms with Crippen LogP contribution in [-0.4, -0.2) is 42.3 Å². The van der Waals surface area contributed by atoms with Crippen molar-refractivity contribution in [2.45, 2.75) is 57.9 Å². The van der Waals surface area contributed by atoms with Gasteiger partial charge in [-0.25, -0.2) is 0 Å². The van der Waals surface area contributed by atoms with Crippen molar-refractivity contribution in [3.8, 4) is 0 Å². The molecule has 0 heterocycles. The molecule has 0 aromatic carbocycles. The average molecular weight is 352 g/mol. The van der Waals surface area contributed by atoms with Crippen LogP contribution in [-0.2, 0) is 4.79 Å². The van der Waals surface area contributed by atoms with Crippen molar-refractivity contribution in [2.24, 2.45) is 16.5 Å². The fraction of sp³-hybridized carbons (Fsp3) is 0.857. The molecule has 9 heteroatoms. The lowest BCUT2D eigenvalue weighted by Crippen LogP contribution is -2.40. The normalized spacial score (nSPS) is 12.3. The lowest BCUT2D eigenvalue weighted by Gasteiger charge is -2.11. The van der Waals surface area contributed by atoms with E-state index in [9.17, 15) is 14.9 Å². The van der Waals surface area contributed by atoms with Crippen LogP contribution >= 0.6 is 12.4 Å². The molecular formula is C14H30ClN5O3. The smallest absolute Gasteiger partial charge is 0.259 e. The van der Waals surface area contributed by atoms with Crippen LogP contribution in [0.2, 0.25) is 0 Å². The molecular weight excluding hydrogens is 322 g/mol. The number of amides is 1. The number of nitrogens with one attached hydrogen (secondary N) is 1. The molecule has 0 aliphatic rings. The Morgan fingerprint density at radius 3 is 2.57 bits per heavy atom. The van der Waals surface area contributed by atoms with E-state index in [0.29, 0.717) is 25.9 Å². The molecule has 1 atom stereocenters. The second kappa shape index (κ2) is 15.5. The summed E-state index contributed by atoms with van der Waals surface area (Å²) in [6, 6.07) is -0.508. The Hall–Kier alpha value is -1.41. The van der Waals surface area contributed by atoms with E-state index in [2.05, 4.69) is 17.2 Å². The number of hydrogen-bond donors (Lipinski definition) is 3. The Kier molecular flexibility index (Phi) is 16.1. The molecule has 1 amide bonds. The van der Waals surface area contributed by atoms with E-state index in [0.717, 1.165) is 19.3 Å². The van der Waals surface area contributed by atoms with E-state index in [-0.39, 0.29) is 24.1 Å². The first kappa shape index (κ1) is 23.9. The van der Waals surface area contributed by atoms with E-state index < -0.39 is 17.5 Å². The molecule has 0 radical (unpaired) electrons. The Morgan fingerprint density at radius 1 is 1.26 bits per heavy atom. The summed E-state index contributed by atoms with van der Waals surface area (Å²) in [6.07, 6.45) is 6.47. The SMILES string of the molecule is CCCCCCNC(=O)[C@@H](N)CCCCN=C(N)C[N+](=O)[O-].Cl. The van der Waals surface area contributed by atoms with Crippen molar-refractivity contribution in [1.29, 1.82) is 0 Å². The fourth-order valence-corrected chi connectivity index (χ4v) is 1.91. The van der Waals surface area contributed by atoms with E-state index in [1.165, 1.54) is 12.8 Å². The highest BCUT2D eigenvalue weighted by Crippen LogP contribution is 2.01. The van der Waals surface area contributed by atoms with Crippen LogP contribution in [0.1, 0.15) is 51.9 Å². The highest BCUT2D eigenvalue weighted by Gasteiger charge is 2.11. The molecule has 0 saturated carbocycles. The maximum atomic E-state index is 11.7. The zero-order chi connectivity index (χ0) is 16.8. The first-order chi connectivity index (χ1) is 10.5. The van der Waals surface area contributed by atoms with Crippen LogP contribution in [0.4, 0.5) is 0 Å². The number of rotatable bonds is 13. The van der Waals surface area contributed by atoms with Crippen LogP contribution < -0.4 is 16.8 Å². The van der Waals surface area contributed by atoms with Crippen LogP contribution in [0, 0.1) is 10.1 Å². The lowest BCUT2D eigenvalue weighted by molar-refractivity contribution is -0.463. The number of carbonyl (C=O) groups is 1. The molecule has 0 aliphatic heterocycles. The van der Waals surface area contributed by atoms with Gasteiger partial charge in [0.05, 0.1) is 6.04 Å². The van der Waals surface area contributed by atoms with Crippen molar-refractivity contribution in [1.82, 2.24) is 5.32 Å². The van der Waals surface area contributed by atoms with Crippen LogP contribution in [0.25, 0.3) is 0 Å². The number of halogens is 1. The quantitative estimate of drug-likeness (QED) is 0.151. The third kappa shape index (κ3) is 15.3. The summed E-state index contributed by atoms with van der Waals surface area (Å²) in [5.74, 6) is -0.0908. The van der Waals surface area contributed by atoms with Crippen LogP contribution in [0.5, 0.6) is 0 Å². The molecule has 136 valence electrons. The minimum absolute atomic E-state index is 0. The third-order valence-electron chi connectivity index (χ3n) is 3.20. The number of nitrogens with two attached hydrogens (primary N) is 2. The minimum Gasteiger partial charge on any atom is -0.382 e. The van der Waals surface area contributed by atoms with E-state index in [1.54, 1.807) is 0 Å². The van der Waals surface area contributed by atoms with Crippen molar-refractivity contribution >= 4 is 24.1 Å². The van der Waals surface area contributed by atoms with Crippen molar-refractivity contribution in [3.63, 3.8) is 0 Å². The molecule has 8 nitrogen and oxygen atoms in total. The maximum absolute atomic E-state index is 11.7. The van der Waals surface area contributed by atoms with Gasteiger partial charge in [-0.05, 0) is 25.7 Å². The highest BCUT2D eigenvalue weighted by atomic mass is 35.5. The Labute approximate surface area is 144 Å². The molecule has 0 fully saturated rings. The second-order valence-electron chi connectivity index (χ2n) is 5.32. The Bertz CT molecular complexity index is 366. The van der Waals surface area contributed by atoms with E-state index >= 15 is 0 Å². The van der Waals surface area contributed by atoms with Crippen molar-refractivity contribution in [2.75, 3.05) is 19.6 Å². The van der Waals surface area contributed by atoms with E-state index in [4.69, 9.17) is 11.5 Å². The Morgan fingerprint density at radius 2 is 1.96 bits per heavy atom. The highest BCUT2D eigenvalue weighted by molar-refractivity contribution is 5.85. The largest absolute Gasteiger partial charge is 0.382 e. The topological polar surface area (TPSA) is 137 Å². The summed E-state index contributed by atoms with van der Waals surface area (Å²) < 4.78 is 0. The number of unbranched alkanes of at least 4 members (excludes halogenated alkanes) is 4. The zero-order valence-corrected chi connectivity index (χ0v) is 14.6. The molecule has 0 rings (SSSR count). The summed E-state index contributed by atoms with van der Waals surface area (Å²) in [5, 5.41) is 13.0. The fourth-order valence-electron chi connectivity index (χ4n) is 1.91. The number of aliphatic imine (C=N–C) groups is 1. The number of nitro groups is 1. The number of carbonyl (C=O) groups excluding carboxylic acids is 1. The van der Waals surface area contributed by atoms with E-state index in [1.807, 2.05) is 0 Å². The third-order valence-corrected chi connectivity index (χ3v) is 3.20. The van der Waals surface area contributed by atoms with Crippen molar-refractivity contribution < 1.29 is 9.72 Å². The van der Waals surface area contributed by atoms with Gasteiger partial charge in [0.2, 0.25) is 5.91 Å². The predicted octanol–water partition coefficient (Wildman–Crippen LogP) is 1.24. The monoisotopic (exact) mass is 351 g/mol. The van der Waals surface area contributed by atoms with Gasteiger partial charge in [0.15, 0.2) is 5.84 Å². The second-order valence-corrected chi connectivity index (χ2v) is 5.32. The molecule has 23 heavy (non-hydrogen) atoms. The average Bonchev–Trinajstić information content (AvgIpc) is 2.45. The molecule has 0 bridgehead atoms. The standard InChI is InChI=1S/C14H29N5O3.ClH/c1-2-3-4-6-10-18-14(20)12(15)8-5-7-9-17-13(16)11-19(21)22;/h12H,2-11,15H2,1H3,(H2,16,17)(H,18,20);1H/t12-;/m0./s1. The van der Waals surface area contributed by atoms with Gasteiger partial charge in [0, 0.05) is 18.0 Å². The molecule has 0 aliphatic carbocycles. The van der Waals surface area contributed by atoms with Crippen LogP contribution in [0.3, 0.4) is 0 Å². The zero-order valence-electron chi connectivity index (χ0n) is 13.8. The van der Waals surface area contributed by atoms with Gasteiger partial charge in [-0.15, -0.1) is 12.4 Å². The predicted molar refractivity (Wildman–Crippen MR) is 94.6 cm³/mol. The van der Waals surface area contributed by atoms with Gasteiger partial charge < -0.3 is 16.8 Å². The first-order valence-corrected chi connectivity index (χ1v) is 7.91. The van der Waals surface area contributed by atoms with Gasteiger partial charge in [0.25, 0.3) is 6.54 Å². The summed E-state index contributed by atoms with van der Waals surface area (Å²) in [6.45, 7) is 2.81. The summed E-state index contributed by atoms with van der Waals surface area (Å²) in [5.41, 5.74) is 11.2. The summed E-state index contributed by atoms with van der Waals surface area (Å²) in [7, 11) is 0. The number of hydrogen-bond acceptors (Lipinski definition) is 5. The van der Waals surface area contributed by atoms with Crippen LogP contribution in [0.15, 0.2) is 4.99 Å². The van der Waals surface area contributed by atoms with Gasteiger partial charge in [-0.2, -0.15) is 0 Å². The van der Waals surface area contributed by atoms with Gasteiger partial charge >= 0.3 is 0 Å². The first-order valence-electron chi connectivity index (χ1n) is 7.91. The number of nitrogens with zero attached hydrogens (tertiary/aromatic N) is 2. The molecule has 5 N–H and O–H groups in total.